The van der Waals surface area contributed by atoms with Gasteiger partial charge in [0.15, 0.2) is 0 Å². The van der Waals surface area contributed by atoms with Crippen LogP contribution in [0, 0.1) is 23.7 Å². The molecule has 4 heteroatoms. The second-order valence-corrected chi connectivity index (χ2v) is 7.54. The lowest BCUT2D eigenvalue weighted by molar-refractivity contribution is -0.159. The van der Waals surface area contributed by atoms with Crippen LogP contribution in [0.2, 0.25) is 0 Å². The molecular formula is C18H33NO3. The number of hydrogen-bond acceptors (Lipinski definition) is 3. The molecule has 4 nitrogen and oxygen atoms in total. The fourth-order valence-corrected chi connectivity index (χ4v) is 3.43. The Balaban J connectivity index is 2.80. The Morgan fingerprint density at radius 1 is 1.09 bits per heavy atom. The highest BCUT2D eigenvalue weighted by Crippen LogP contribution is 2.39. The average Bonchev–Trinajstić information content (AvgIpc) is 2.43. The zero-order valence-electron chi connectivity index (χ0n) is 15.3. The van der Waals surface area contributed by atoms with Gasteiger partial charge < -0.3 is 9.64 Å². The molecule has 1 fully saturated rings. The first kappa shape index (κ1) is 19.0. The lowest BCUT2D eigenvalue weighted by Crippen LogP contribution is -2.47. The molecule has 22 heavy (non-hydrogen) atoms. The van der Waals surface area contributed by atoms with Crippen LogP contribution in [0.4, 0.5) is 0 Å². The van der Waals surface area contributed by atoms with E-state index in [1.54, 1.807) is 18.9 Å². The van der Waals surface area contributed by atoms with Crippen LogP contribution in [0.3, 0.4) is 0 Å². The minimum Gasteiger partial charge on any atom is -0.461 e. The van der Waals surface area contributed by atoms with Gasteiger partial charge in [-0.2, -0.15) is 0 Å². The Labute approximate surface area is 135 Å². The van der Waals surface area contributed by atoms with Crippen molar-refractivity contribution in [3.05, 3.63) is 0 Å². The molecule has 0 aromatic heterocycles. The van der Waals surface area contributed by atoms with Gasteiger partial charge in [-0.05, 0) is 51.4 Å². The minimum atomic E-state index is -0.528. The van der Waals surface area contributed by atoms with Crippen molar-refractivity contribution < 1.29 is 14.3 Å². The first-order valence-electron chi connectivity index (χ1n) is 8.62. The van der Waals surface area contributed by atoms with E-state index in [4.69, 9.17) is 4.74 Å². The monoisotopic (exact) mass is 311 g/mol. The minimum absolute atomic E-state index is 0.0306. The molecule has 1 saturated carbocycles. The van der Waals surface area contributed by atoms with Crippen molar-refractivity contribution in [2.45, 2.75) is 73.0 Å². The molecular weight excluding hydrogens is 278 g/mol. The molecule has 0 aromatic rings. The van der Waals surface area contributed by atoms with E-state index in [1.807, 2.05) is 13.8 Å². The first-order chi connectivity index (χ1) is 10.1. The van der Waals surface area contributed by atoms with Gasteiger partial charge in [0.05, 0.1) is 6.10 Å². The molecule has 1 rings (SSSR count). The predicted molar refractivity (Wildman–Crippen MR) is 88.3 cm³/mol. The second kappa shape index (κ2) is 7.98. The van der Waals surface area contributed by atoms with Crippen molar-refractivity contribution in [2.24, 2.45) is 23.7 Å². The number of likely N-dealkylation sites (N-methyl/N-ethyl adjacent to an activating group) is 1. The number of ether oxygens (including phenoxy) is 1. The zero-order chi connectivity index (χ0) is 17.0. The van der Waals surface area contributed by atoms with Crippen molar-refractivity contribution >= 4 is 11.9 Å². The largest absolute Gasteiger partial charge is 0.461 e. The van der Waals surface area contributed by atoms with Crippen molar-refractivity contribution in [3.8, 4) is 0 Å². The Bertz CT molecular complexity index is 392. The van der Waals surface area contributed by atoms with Crippen LogP contribution in [-0.4, -0.2) is 36.0 Å². The van der Waals surface area contributed by atoms with E-state index in [2.05, 4.69) is 20.8 Å². The normalized spacial score (nSPS) is 26.9. The molecule has 1 aliphatic carbocycles. The molecule has 0 aromatic carbocycles. The molecule has 0 heterocycles. The highest BCUT2D eigenvalue weighted by atomic mass is 16.5. The summed E-state index contributed by atoms with van der Waals surface area (Å²) in [6.45, 7) is 12.0. The summed E-state index contributed by atoms with van der Waals surface area (Å²) < 4.78 is 5.23. The van der Waals surface area contributed by atoms with Crippen molar-refractivity contribution in [1.82, 2.24) is 4.90 Å². The van der Waals surface area contributed by atoms with Crippen molar-refractivity contribution in [1.29, 1.82) is 0 Å². The highest BCUT2D eigenvalue weighted by molar-refractivity contribution is 5.85. The Morgan fingerprint density at radius 3 is 2.18 bits per heavy atom. The maximum Gasteiger partial charge on any atom is 0.328 e. The smallest absolute Gasteiger partial charge is 0.328 e. The van der Waals surface area contributed by atoms with Gasteiger partial charge in [-0.1, -0.05) is 27.2 Å². The molecule has 1 amide bonds. The molecule has 0 spiro atoms. The Hall–Kier alpha value is -1.06. The second-order valence-electron chi connectivity index (χ2n) is 7.54. The molecule has 4 atom stereocenters. The third-order valence-corrected chi connectivity index (χ3v) is 4.96. The Kier molecular flexibility index (Phi) is 6.89. The number of esters is 1. The van der Waals surface area contributed by atoms with E-state index < -0.39 is 6.04 Å². The van der Waals surface area contributed by atoms with E-state index in [0.29, 0.717) is 17.8 Å². The summed E-state index contributed by atoms with van der Waals surface area (Å²) >= 11 is 0. The van der Waals surface area contributed by atoms with Crippen molar-refractivity contribution in [3.63, 3.8) is 0 Å². The summed E-state index contributed by atoms with van der Waals surface area (Å²) in [5.41, 5.74) is 0. The summed E-state index contributed by atoms with van der Waals surface area (Å²) in [4.78, 5) is 26.5. The molecule has 0 N–H and O–H groups in total. The quantitative estimate of drug-likeness (QED) is 0.730. The first-order valence-corrected chi connectivity index (χ1v) is 8.62. The van der Waals surface area contributed by atoms with E-state index in [-0.39, 0.29) is 23.9 Å². The topological polar surface area (TPSA) is 46.6 Å². The maximum atomic E-state index is 12.9. The van der Waals surface area contributed by atoms with Crippen LogP contribution < -0.4 is 0 Å². The van der Waals surface area contributed by atoms with Crippen LogP contribution in [-0.2, 0) is 14.3 Å². The van der Waals surface area contributed by atoms with Gasteiger partial charge in [-0.3, -0.25) is 4.79 Å². The number of hydrogen-bond donors (Lipinski definition) is 0. The molecule has 0 aliphatic heterocycles. The van der Waals surface area contributed by atoms with E-state index in [1.165, 1.54) is 6.42 Å². The third kappa shape index (κ3) is 4.72. The Morgan fingerprint density at radius 2 is 1.68 bits per heavy atom. The molecule has 0 radical (unpaired) electrons. The van der Waals surface area contributed by atoms with E-state index >= 15 is 0 Å². The van der Waals surface area contributed by atoms with E-state index in [0.717, 1.165) is 12.8 Å². The van der Waals surface area contributed by atoms with Gasteiger partial charge >= 0.3 is 5.97 Å². The lowest BCUT2D eigenvalue weighted by atomic mass is 9.69. The molecule has 1 aliphatic rings. The van der Waals surface area contributed by atoms with E-state index in [9.17, 15) is 9.59 Å². The zero-order valence-corrected chi connectivity index (χ0v) is 15.3. The van der Waals surface area contributed by atoms with Crippen LogP contribution in [0.1, 0.15) is 60.8 Å². The van der Waals surface area contributed by atoms with Crippen LogP contribution in [0.5, 0.6) is 0 Å². The molecule has 1 unspecified atom stereocenters. The van der Waals surface area contributed by atoms with Gasteiger partial charge in [0.1, 0.15) is 6.04 Å². The SMILES string of the molecule is CC(C)OC(=O)C(C)N(C)C(=O)[C@@H]1C[C@H](C)CC[C@H]1C(C)C. The number of rotatable bonds is 5. The summed E-state index contributed by atoms with van der Waals surface area (Å²) in [5.74, 6) is 1.29. The number of nitrogens with zero attached hydrogens (tertiary/aromatic N) is 1. The molecule has 0 bridgehead atoms. The van der Waals surface area contributed by atoms with Gasteiger partial charge in [-0.15, -0.1) is 0 Å². The van der Waals surface area contributed by atoms with Gasteiger partial charge in [0, 0.05) is 13.0 Å². The van der Waals surface area contributed by atoms with Crippen molar-refractivity contribution in [2.75, 3.05) is 7.05 Å². The summed E-state index contributed by atoms with van der Waals surface area (Å²) in [5, 5.41) is 0. The van der Waals surface area contributed by atoms with Crippen LogP contribution >= 0.6 is 0 Å². The standard InChI is InChI=1S/C18H33NO3/c1-11(2)15-9-8-13(5)10-16(15)17(20)19(7)14(6)18(21)22-12(3)4/h11-16H,8-10H2,1-7H3/t13-,14?,15+,16-/m1/s1. The lowest BCUT2D eigenvalue weighted by Gasteiger charge is -2.39. The fraction of sp³-hybridized carbons (Fsp3) is 0.889. The van der Waals surface area contributed by atoms with Crippen LogP contribution in [0.25, 0.3) is 0 Å². The van der Waals surface area contributed by atoms with Gasteiger partial charge in [-0.25, -0.2) is 4.79 Å². The molecule has 0 saturated heterocycles. The maximum absolute atomic E-state index is 12.9. The summed E-state index contributed by atoms with van der Waals surface area (Å²) in [6, 6.07) is -0.528. The number of amides is 1. The summed E-state index contributed by atoms with van der Waals surface area (Å²) in [6.07, 6.45) is 3.07. The number of carbonyl (C=O) groups excluding carboxylic acids is 2. The van der Waals surface area contributed by atoms with Crippen LogP contribution in [0.15, 0.2) is 0 Å². The summed E-state index contributed by atoms with van der Waals surface area (Å²) in [7, 11) is 1.73. The number of carbonyl (C=O) groups is 2. The highest BCUT2D eigenvalue weighted by Gasteiger charge is 2.38. The average molecular weight is 311 g/mol. The van der Waals surface area contributed by atoms with Gasteiger partial charge in [0.2, 0.25) is 5.91 Å². The van der Waals surface area contributed by atoms with Gasteiger partial charge in [0.25, 0.3) is 0 Å². The molecule has 128 valence electrons. The fourth-order valence-electron chi connectivity index (χ4n) is 3.43. The predicted octanol–water partition coefficient (Wildman–Crippen LogP) is 3.49. The third-order valence-electron chi connectivity index (χ3n) is 4.96.